The van der Waals surface area contributed by atoms with Gasteiger partial charge in [0.2, 0.25) is 0 Å². The fourth-order valence-electron chi connectivity index (χ4n) is 3.13. The summed E-state index contributed by atoms with van der Waals surface area (Å²) in [6, 6.07) is 18.0. The standard InChI is InChI=1S/C27H30N2O5S/c1-19(2)34-23-9-5-20(6-10-23)18-25(27(32)28-14-15-30)29-26(31)21-7-11-22(12-8-21)33-16-13-24-4-3-17-35-24/h3-12,17-19,30H,13-16H2,1-2H3,(H,28,32)(H,29,31). The smallest absolute Gasteiger partial charge is 0.267 e. The largest absolute Gasteiger partial charge is 0.493 e. The van der Waals surface area contributed by atoms with E-state index in [0.717, 1.165) is 6.42 Å². The summed E-state index contributed by atoms with van der Waals surface area (Å²) in [4.78, 5) is 26.7. The molecule has 0 radical (unpaired) electrons. The van der Waals surface area contributed by atoms with Crippen molar-refractivity contribution < 1.29 is 24.2 Å². The molecule has 0 saturated carbocycles. The third-order valence-corrected chi connectivity index (χ3v) is 5.70. The summed E-state index contributed by atoms with van der Waals surface area (Å²) in [6.07, 6.45) is 2.45. The number of carbonyl (C=O) groups is 2. The summed E-state index contributed by atoms with van der Waals surface area (Å²) < 4.78 is 11.4. The minimum atomic E-state index is -0.497. The highest BCUT2D eigenvalue weighted by Crippen LogP contribution is 2.17. The first-order valence-electron chi connectivity index (χ1n) is 11.4. The first-order chi connectivity index (χ1) is 16.9. The predicted octanol–water partition coefficient (Wildman–Crippen LogP) is 4.04. The lowest BCUT2D eigenvalue weighted by atomic mass is 10.1. The monoisotopic (exact) mass is 494 g/mol. The van der Waals surface area contributed by atoms with Gasteiger partial charge in [-0.1, -0.05) is 18.2 Å². The maximum absolute atomic E-state index is 12.8. The Kier molecular flexibility index (Phi) is 9.89. The molecule has 8 heteroatoms. The minimum Gasteiger partial charge on any atom is -0.493 e. The lowest BCUT2D eigenvalue weighted by Crippen LogP contribution is -2.36. The van der Waals surface area contributed by atoms with E-state index in [4.69, 9.17) is 14.6 Å². The Morgan fingerprint density at radius 2 is 1.74 bits per heavy atom. The molecule has 0 atom stereocenters. The molecule has 0 saturated heterocycles. The number of amides is 2. The lowest BCUT2D eigenvalue weighted by molar-refractivity contribution is -0.117. The highest BCUT2D eigenvalue weighted by molar-refractivity contribution is 7.09. The van der Waals surface area contributed by atoms with Crippen LogP contribution < -0.4 is 20.1 Å². The summed E-state index contributed by atoms with van der Waals surface area (Å²) in [5.41, 5.74) is 1.17. The van der Waals surface area contributed by atoms with Crippen LogP contribution in [0.4, 0.5) is 0 Å². The highest BCUT2D eigenvalue weighted by Gasteiger charge is 2.15. The molecular weight excluding hydrogens is 464 g/mol. The van der Waals surface area contributed by atoms with Gasteiger partial charge in [0, 0.05) is 23.4 Å². The number of aliphatic hydroxyl groups is 1. The fourth-order valence-corrected chi connectivity index (χ4v) is 3.82. The van der Waals surface area contributed by atoms with Crippen molar-refractivity contribution in [2.45, 2.75) is 26.4 Å². The van der Waals surface area contributed by atoms with Gasteiger partial charge in [-0.15, -0.1) is 11.3 Å². The average molecular weight is 495 g/mol. The van der Waals surface area contributed by atoms with Crippen LogP contribution >= 0.6 is 11.3 Å². The van der Waals surface area contributed by atoms with Crippen molar-refractivity contribution in [1.82, 2.24) is 10.6 Å². The van der Waals surface area contributed by atoms with Gasteiger partial charge in [-0.05, 0) is 73.3 Å². The molecule has 0 aliphatic carbocycles. The van der Waals surface area contributed by atoms with Crippen LogP contribution in [0, 0.1) is 0 Å². The molecule has 1 heterocycles. The Labute approximate surface area is 209 Å². The molecule has 0 bridgehead atoms. The molecule has 35 heavy (non-hydrogen) atoms. The number of ether oxygens (including phenoxy) is 2. The van der Waals surface area contributed by atoms with Crippen molar-refractivity contribution in [2.24, 2.45) is 0 Å². The fraction of sp³-hybridized carbons (Fsp3) is 0.259. The normalized spacial score (nSPS) is 11.3. The number of benzene rings is 2. The van der Waals surface area contributed by atoms with Crippen LogP contribution in [0.5, 0.6) is 11.5 Å². The Bertz CT molecular complexity index is 1110. The zero-order valence-corrected chi connectivity index (χ0v) is 20.6. The van der Waals surface area contributed by atoms with Gasteiger partial charge in [0.25, 0.3) is 11.8 Å². The van der Waals surface area contributed by atoms with E-state index < -0.39 is 11.8 Å². The van der Waals surface area contributed by atoms with Crippen molar-refractivity contribution in [2.75, 3.05) is 19.8 Å². The van der Waals surface area contributed by atoms with Gasteiger partial charge in [0.05, 0.1) is 19.3 Å². The molecule has 0 spiro atoms. The van der Waals surface area contributed by atoms with Crippen LogP contribution in [0.15, 0.2) is 71.7 Å². The molecule has 3 aromatic rings. The van der Waals surface area contributed by atoms with E-state index >= 15 is 0 Å². The van der Waals surface area contributed by atoms with Gasteiger partial charge in [-0.2, -0.15) is 0 Å². The summed E-state index contributed by atoms with van der Waals surface area (Å²) in [6.45, 7) is 4.30. The molecular formula is C27H30N2O5S. The molecule has 184 valence electrons. The van der Waals surface area contributed by atoms with Crippen LogP contribution in [0.3, 0.4) is 0 Å². The Balaban J connectivity index is 1.66. The van der Waals surface area contributed by atoms with E-state index in [1.807, 2.05) is 25.3 Å². The Morgan fingerprint density at radius 1 is 1.03 bits per heavy atom. The zero-order chi connectivity index (χ0) is 25.0. The van der Waals surface area contributed by atoms with E-state index in [9.17, 15) is 9.59 Å². The van der Waals surface area contributed by atoms with Crippen molar-refractivity contribution in [1.29, 1.82) is 0 Å². The number of nitrogens with one attached hydrogen (secondary N) is 2. The third kappa shape index (κ3) is 8.59. The van der Waals surface area contributed by atoms with Gasteiger partial charge in [0.1, 0.15) is 17.2 Å². The molecule has 0 aliphatic heterocycles. The van der Waals surface area contributed by atoms with Crippen molar-refractivity contribution >= 4 is 29.2 Å². The predicted molar refractivity (Wildman–Crippen MR) is 138 cm³/mol. The molecule has 7 nitrogen and oxygen atoms in total. The second-order valence-corrected chi connectivity index (χ2v) is 8.96. The summed E-state index contributed by atoms with van der Waals surface area (Å²) >= 11 is 1.69. The van der Waals surface area contributed by atoms with E-state index in [2.05, 4.69) is 16.7 Å². The van der Waals surface area contributed by atoms with Crippen molar-refractivity contribution in [3.63, 3.8) is 0 Å². The third-order valence-electron chi connectivity index (χ3n) is 4.77. The topological polar surface area (TPSA) is 96.9 Å². The van der Waals surface area contributed by atoms with Gasteiger partial charge in [0.15, 0.2) is 0 Å². The zero-order valence-electron chi connectivity index (χ0n) is 19.8. The maximum atomic E-state index is 12.8. The lowest BCUT2D eigenvalue weighted by Gasteiger charge is -2.12. The number of thiophene rings is 1. The van der Waals surface area contributed by atoms with Gasteiger partial charge >= 0.3 is 0 Å². The van der Waals surface area contributed by atoms with Gasteiger partial charge < -0.3 is 25.2 Å². The van der Waals surface area contributed by atoms with E-state index in [1.54, 1.807) is 65.9 Å². The minimum absolute atomic E-state index is 0.0493. The molecule has 3 N–H and O–H groups in total. The van der Waals surface area contributed by atoms with Crippen molar-refractivity contribution in [3.8, 4) is 11.5 Å². The second-order valence-electron chi connectivity index (χ2n) is 7.93. The second kappa shape index (κ2) is 13.3. The molecule has 3 rings (SSSR count). The number of aliphatic hydroxyl groups excluding tert-OH is 1. The Morgan fingerprint density at radius 3 is 2.37 bits per heavy atom. The number of rotatable bonds is 12. The van der Waals surface area contributed by atoms with E-state index in [-0.39, 0.29) is 25.0 Å². The van der Waals surface area contributed by atoms with Crippen molar-refractivity contribution in [3.05, 3.63) is 87.7 Å². The molecule has 0 aliphatic rings. The van der Waals surface area contributed by atoms with Crippen LogP contribution in [0.25, 0.3) is 6.08 Å². The van der Waals surface area contributed by atoms with E-state index in [1.165, 1.54) is 4.88 Å². The van der Waals surface area contributed by atoms with Gasteiger partial charge in [-0.25, -0.2) is 0 Å². The summed E-state index contributed by atoms with van der Waals surface area (Å²) in [5.74, 6) is 0.451. The van der Waals surface area contributed by atoms with Crippen LogP contribution in [0.1, 0.15) is 34.6 Å². The van der Waals surface area contributed by atoms with Gasteiger partial charge in [-0.3, -0.25) is 9.59 Å². The molecule has 2 amide bonds. The SMILES string of the molecule is CC(C)Oc1ccc(C=C(NC(=O)c2ccc(OCCc3cccs3)cc2)C(=O)NCCO)cc1. The van der Waals surface area contributed by atoms with Crippen LogP contribution in [-0.2, 0) is 11.2 Å². The maximum Gasteiger partial charge on any atom is 0.267 e. The van der Waals surface area contributed by atoms with Crippen LogP contribution in [-0.4, -0.2) is 42.8 Å². The number of carbonyl (C=O) groups excluding carboxylic acids is 2. The molecule has 0 fully saturated rings. The summed E-state index contributed by atoms with van der Waals surface area (Å²) in [5, 5.41) is 16.3. The summed E-state index contributed by atoms with van der Waals surface area (Å²) in [7, 11) is 0. The first-order valence-corrected chi connectivity index (χ1v) is 12.3. The Hall–Kier alpha value is -3.62. The average Bonchev–Trinajstić information content (AvgIpc) is 3.37. The molecule has 0 unspecified atom stereocenters. The molecule has 1 aromatic heterocycles. The quantitative estimate of drug-likeness (QED) is 0.330. The first kappa shape index (κ1) is 26.0. The van der Waals surface area contributed by atoms with Crippen LogP contribution in [0.2, 0.25) is 0 Å². The number of hydrogen-bond acceptors (Lipinski definition) is 6. The molecule has 2 aromatic carbocycles. The highest BCUT2D eigenvalue weighted by atomic mass is 32.1. The van der Waals surface area contributed by atoms with E-state index in [0.29, 0.717) is 29.2 Å². The number of hydrogen-bond donors (Lipinski definition) is 3.